The predicted molar refractivity (Wildman–Crippen MR) is 62.6 cm³/mol. The van der Waals surface area contributed by atoms with Crippen molar-refractivity contribution in [3.8, 4) is 0 Å². The number of carbonyl (C=O) groups excluding carboxylic acids is 2. The molecule has 0 saturated heterocycles. The monoisotopic (exact) mass is 219 g/mol. The van der Waals surface area contributed by atoms with Crippen molar-refractivity contribution < 1.29 is 9.59 Å². The fourth-order valence-electron chi connectivity index (χ4n) is 0.715. The third kappa shape index (κ3) is 8.10. The zero-order valence-electron chi connectivity index (χ0n) is 9.74. The van der Waals surface area contributed by atoms with Gasteiger partial charge in [-0.15, -0.1) is 0 Å². The van der Waals surface area contributed by atoms with Crippen LogP contribution in [0.5, 0.6) is 0 Å². The van der Waals surface area contributed by atoms with Crippen LogP contribution in [-0.2, 0) is 9.59 Å². The molecule has 0 N–H and O–H groups in total. The zero-order chi connectivity index (χ0) is 11.6. The van der Waals surface area contributed by atoms with Gasteiger partial charge < -0.3 is 9.69 Å². The summed E-state index contributed by atoms with van der Waals surface area (Å²) < 4.78 is 0. The van der Waals surface area contributed by atoms with E-state index in [2.05, 4.69) is 0 Å². The first-order chi connectivity index (χ1) is 6.61. The molecule has 0 bridgehead atoms. The highest BCUT2D eigenvalue weighted by atomic mass is 32.2. The number of hydrogen-bond acceptors (Lipinski definition) is 3. The molecule has 0 aromatic rings. The summed E-state index contributed by atoms with van der Waals surface area (Å²) in [4.78, 5) is 23.1. The van der Waals surface area contributed by atoms with E-state index in [9.17, 15) is 9.59 Å². The summed E-state index contributed by atoms with van der Waals surface area (Å²) in [5.41, 5.74) is 0. The van der Waals surface area contributed by atoms with E-state index in [4.69, 9.17) is 0 Å². The molecular formula is C10H21NO2S. The average molecular weight is 219 g/mol. The number of carbonyl (C=O) groups is 2. The molecule has 0 aromatic heterocycles. The third-order valence-electron chi connectivity index (χ3n) is 1.41. The normalized spacial score (nSPS) is 10.9. The van der Waals surface area contributed by atoms with Crippen molar-refractivity contribution in [1.82, 2.24) is 4.90 Å². The summed E-state index contributed by atoms with van der Waals surface area (Å²) in [5.74, 6) is 0.873. The van der Waals surface area contributed by atoms with Crippen molar-refractivity contribution in [3.63, 3.8) is 0 Å². The Morgan fingerprint density at radius 3 is 2.21 bits per heavy atom. The SMILES string of the molecule is CC.CCSC(C=O)CC(=O)N(C)C. The molecule has 0 spiro atoms. The number of thioether (sulfide) groups is 1. The number of nitrogens with zero attached hydrogens (tertiary/aromatic N) is 1. The Kier molecular flexibility index (Phi) is 12.0. The quantitative estimate of drug-likeness (QED) is 0.662. The van der Waals surface area contributed by atoms with Gasteiger partial charge in [-0.05, 0) is 5.75 Å². The summed E-state index contributed by atoms with van der Waals surface area (Å²) in [5, 5.41) is -0.176. The van der Waals surface area contributed by atoms with Crippen LogP contribution in [0.25, 0.3) is 0 Å². The average Bonchev–Trinajstić information content (AvgIpc) is 2.19. The van der Waals surface area contributed by atoms with Gasteiger partial charge in [0.15, 0.2) is 0 Å². The van der Waals surface area contributed by atoms with Crippen LogP contribution < -0.4 is 0 Å². The molecule has 0 fully saturated rings. The molecule has 0 radical (unpaired) electrons. The van der Waals surface area contributed by atoms with Crippen molar-refractivity contribution in [1.29, 1.82) is 0 Å². The van der Waals surface area contributed by atoms with Gasteiger partial charge in [0.05, 0.1) is 5.25 Å². The Morgan fingerprint density at radius 1 is 1.43 bits per heavy atom. The minimum atomic E-state index is -0.176. The molecule has 1 unspecified atom stereocenters. The molecule has 0 rings (SSSR count). The molecule has 0 aromatic carbocycles. The highest BCUT2D eigenvalue weighted by Crippen LogP contribution is 2.12. The Bertz CT molecular complexity index is 160. The van der Waals surface area contributed by atoms with Crippen LogP contribution in [-0.4, -0.2) is 42.2 Å². The van der Waals surface area contributed by atoms with E-state index in [0.29, 0.717) is 6.42 Å². The van der Waals surface area contributed by atoms with E-state index >= 15 is 0 Å². The second-order valence-corrected chi connectivity index (χ2v) is 4.14. The van der Waals surface area contributed by atoms with Crippen LogP contribution in [0.15, 0.2) is 0 Å². The van der Waals surface area contributed by atoms with Crippen LogP contribution in [0.2, 0.25) is 0 Å². The van der Waals surface area contributed by atoms with Gasteiger partial charge in [-0.25, -0.2) is 0 Å². The molecule has 14 heavy (non-hydrogen) atoms. The maximum absolute atomic E-state index is 11.1. The highest BCUT2D eigenvalue weighted by molar-refractivity contribution is 8.00. The molecule has 4 heteroatoms. The van der Waals surface area contributed by atoms with Gasteiger partial charge in [0.2, 0.25) is 5.91 Å². The van der Waals surface area contributed by atoms with Crippen LogP contribution in [0.3, 0.4) is 0 Å². The Morgan fingerprint density at radius 2 is 1.93 bits per heavy atom. The molecular weight excluding hydrogens is 198 g/mol. The van der Waals surface area contributed by atoms with Crippen LogP contribution in [0.1, 0.15) is 27.2 Å². The lowest BCUT2D eigenvalue weighted by Gasteiger charge is -2.12. The smallest absolute Gasteiger partial charge is 0.223 e. The molecule has 0 aliphatic rings. The summed E-state index contributed by atoms with van der Waals surface area (Å²) in [6.07, 6.45) is 1.16. The van der Waals surface area contributed by atoms with Gasteiger partial charge >= 0.3 is 0 Å². The molecule has 1 atom stereocenters. The summed E-state index contributed by atoms with van der Waals surface area (Å²) in [6, 6.07) is 0. The van der Waals surface area contributed by atoms with Crippen LogP contribution in [0.4, 0.5) is 0 Å². The lowest BCUT2D eigenvalue weighted by atomic mass is 10.3. The first-order valence-corrected chi connectivity index (χ1v) is 5.93. The number of hydrogen-bond donors (Lipinski definition) is 0. The van der Waals surface area contributed by atoms with E-state index in [-0.39, 0.29) is 11.2 Å². The molecule has 0 aliphatic carbocycles. The van der Waals surface area contributed by atoms with Crippen molar-refractivity contribution >= 4 is 24.0 Å². The largest absolute Gasteiger partial charge is 0.349 e. The first kappa shape index (κ1) is 15.9. The fourth-order valence-corrected chi connectivity index (χ4v) is 1.48. The van der Waals surface area contributed by atoms with E-state index in [1.54, 1.807) is 14.1 Å². The number of aldehydes is 1. The van der Waals surface area contributed by atoms with Gasteiger partial charge in [-0.2, -0.15) is 11.8 Å². The first-order valence-electron chi connectivity index (χ1n) is 4.88. The van der Waals surface area contributed by atoms with Gasteiger partial charge in [0.1, 0.15) is 6.29 Å². The number of amides is 1. The summed E-state index contributed by atoms with van der Waals surface area (Å²) in [7, 11) is 3.39. The van der Waals surface area contributed by atoms with E-state index < -0.39 is 0 Å². The van der Waals surface area contributed by atoms with E-state index in [1.807, 2.05) is 20.8 Å². The standard InChI is InChI=1S/C8H15NO2S.C2H6/c1-4-12-7(6-10)5-8(11)9(2)3;1-2/h6-7H,4-5H2,1-3H3;1-2H3. The highest BCUT2D eigenvalue weighted by Gasteiger charge is 2.13. The van der Waals surface area contributed by atoms with Crippen molar-refractivity contribution in [3.05, 3.63) is 0 Å². The maximum atomic E-state index is 11.1. The van der Waals surface area contributed by atoms with E-state index in [1.165, 1.54) is 16.7 Å². The van der Waals surface area contributed by atoms with Gasteiger partial charge in [-0.1, -0.05) is 20.8 Å². The van der Waals surface area contributed by atoms with E-state index in [0.717, 1.165) is 12.0 Å². The van der Waals surface area contributed by atoms with Crippen LogP contribution in [0, 0.1) is 0 Å². The van der Waals surface area contributed by atoms with Crippen molar-refractivity contribution in [2.45, 2.75) is 32.4 Å². The fraction of sp³-hybridized carbons (Fsp3) is 0.800. The lowest BCUT2D eigenvalue weighted by molar-refractivity contribution is -0.129. The molecule has 1 amide bonds. The van der Waals surface area contributed by atoms with Crippen LogP contribution >= 0.6 is 11.8 Å². The lowest BCUT2D eigenvalue weighted by Crippen LogP contribution is -2.25. The second-order valence-electron chi connectivity index (χ2n) is 2.62. The third-order valence-corrected chi connectivity index (χ3v) is 2.45. The van der Waals surface area contributed by atoms with Gasteiger partial charge in [-0.3, -0.25) is 4.79 Å². The maximum Gasteiger partial charge on any atom is 0.223 e. The predicted octanol–water partition coefficient (Wildman–Crippen LogP) is 1.81. The topological polar surface area (TPSA) is 37.4 Å². The Labute approximate surface area is 91.2 Å². The Balaban J connectivity index is 0. The van der Waals surface area contributed by atoms with Gasteiger partial charge in [0, 0.05) is 20.5 Å². The molecule has 3 nitrogen and oxygen atoms in total. The Hall–Kier alpha value is -0.510. The van der Waals surface area contributed by atoms with Crippen molar-refractivity contribution in [2.24, 2.45) is 0 Å². The zero-order valence-corrected chi connectivity index (χ0v) is 10.6. The number of rotatable bonds is 5. The molecule has 84 valence electrons. The van der Waals surface area contributed by atoms with Gasteiger partial charge in [0.25, 0.3) is 0 Å². The van der Waals surface area contributed by atoms with Crippen molar-refractivity contribution in [2.75, 3.05) is 19.8 Å². The minimum absolute atomic E-state index is 0.00745. The molecule has 0 heterocycles. The summed E-state index contributed by atoms with van der Waals surface area (Å²) >= 11 is 1.51. The second kappa shape index (κ2) is 10.6. The summed E-state index contributed by atoms with van der Waals surface area (Å²) in [6.45, 7) is 5.97. The molecule has 0 saturated carbocycles. The minimum Gasteiger partial charge on any atom is -0.349 e. The molecule has 0 aliphatic heterocycles.